The summed E-state index contributed by atoms with van der Waals surface area (Å²) in [5.41, 5.74) is 0. The molecule has 0 aromatic heterocycles. The molecule has 2 atom stereocenters. The molecule has 0 aliphatic rings. The maximum Gasteiger partial charge on any atom is -0.0236 e. The van der Waals surface area contributed by atoms with Crippen LogP contribution >= 0.6 is 0 Å². The van der Waals surface area contributed by atoms with E-state index in [-0.39, 0.29) is 0 Å². The molecular weight excluding hydrogens is 120 g/mol. The summed E-state index contributed by atoms with van der Waals surface area (Å²) in [5, 5.41) is 0. The van der Waals surface area contributed by atoms with Gasteiger partial charge in [0.05, 0.1) is 0 Å². The van der Waals surface area contributed by atoms with Gasteiger partial charge in [0.2, 0.25) is 0 Å². The first-order valence-electron chi connectivity index (χ1n) is 4.01. The van der Waals surface area contributed by atoms with Gasteiger partial charge in [0, 0.05) is 0 Å². The standard InChI is InChI=1S/C10H18/c1-5-10(6-2)8-7-9(3)4/h7-10H,1,3,5-6H2,2,4H3/b8-7+. The summed E-state index contributed by atoms with van der Waals surface area (Å²) < 4.78 is 0. The van der Waals surface area contributed by atoms with Crippen molar-refractivity contribution >= 4 is 0 Å². The summed E-state index contributed by atoms with van der Waals surface area (Å²) in [6, 6.07) is 0. The summed E-state index contributed by atoms with van der Waals surface area (Å²) >= 11 is 0. The fraction of sp³-hybridized carbons (Fsp3) is 0.600. The zero-order valence-electron chi connectivity index (χ0n) is 7.14. The van der Waals surface area contributed by atoms with Crippen molar-refractivity contribution < 1.29 is 0 Å². The van der Waals surface area contributed by atoms with Crippen molar-refractivity contribution in [2.45, 2.75) is 26.7 Å². The molecule has 0 rings (SSSR count). The molecule has 0 amide bonds. The molecule has 0 nitrogen and oxygen atoms in total. The SMILES string of the molecule is [CH2]CC(/C=C/C([CH2])C)CC. The van der Waals surface area contributed by atoms with Gasteiger partial charge in [-0.1, -0.05) is 32.9 Å². The van der Waals surface area contributed by atoms with Crippen molar-refractivity contribution in [3.05, 3.63) is 26.0 Å². The number of hydrogen-bond donors (Lipinski definition) is 0. The van der Waals surface area contributed by atoms with E-state index < -0.39 is 0 Å². The number of hydrogen-bond acceptors (Lipinski definition) is 0. The van der Waals surface area contributed by atoms with Crippen molar-refractivity contribution in [2.24, 2.45) is 11.8 Å². The van der Waals surface area contributed by atoms with Crippen LogP contribution in [0.15, 0.2) is 12.2 Å². The van der Waals surface area contributed by atoms with Gasteiger partial charge >= 0.3 is 0 Å². The molecule has 0 saturated carbocycles. The molecule has 0 aromatic rings. The number of allylic oxidation sites excluding steroid dienone is 2. The molecule has 0 aliphatic heterocycles. The average molecular weight is 138 g/mol. The molecule has 0 heteroatoms. The summed E-state index contributed by atoms with van der Waals surface area (Å²) in [7, 11) is 0. The van der Waals surface area contributed by atoms with E-state index in [1.165, 1.54) is 6.42 Å². The highest BCUT2D eigenvalue weighted by molar-refractivity contribution is 4.92. The van der Waals surface area contributed by atoms with Crippen LogP contribution in [0.1, 0.15) is 26.7 Å². The van der Waals surface area contributed by atoms with Crippen LogP contribution in [0.2, 0.25) is 0 Å². The zero-order chi connectivity index (χ0) is 7.98. The smallest absolute Gasteiger partial charge is 0.0236 e. The Balaban J connectivity index is 3.61. The van der Waals surface area contributed by atoms with E-state index in [0.29, 0.717) is 11.8 Å². The lowest BCUT2D eigenvalue weighted by molar-refractivity contribution is 0.631. The van der Waals surface area contributed by atoms with Gasteiger partial charge in [0.25, 0.3) is 0 Å². The lowest BCUT2D eigenvalue weighted by Gasteiger charge is -2.05. The first kappa shape index (κ1) is 9.74. The van der Waals surface area contributed by atoms with Crippen LogP contribution < -0.4 is 0 Å². The molecule has 58 valence electrons. The first-order chi connectivity index (χ1) is 4.70. The van der Waals surface area contributed by atoms with Gasteiger partial charge in [-0.2, -0.15) is 0 Å². The predicted octanol–water partition coefficient (Wildman–Crippen LogP) is 3.26. The van der Waals surface area contributed by atoms with Crippen LogP contribution in [0.4, 0.5) is 0 Å². The second-order valence-corrected chi connectivity index (χ2v) is 2.82. The minimum absolute atomic E-state index is 0.431. The third-order valence-electron chi connectivity index (χ3n) is 1.61. The molecule has 0 heterocycles. The van der Waals surface area contributed by atoms with E-state index in [1.54, 1.807) is 0 Å². The van der Waals surface area contributed by atoms with Gasteiger partial charge in [-0.25, -0.2) is 0 Å². The van der Waals surface area contributed by atoms with Crippen molar-refractivity contribution in [3.8, 4) is 0 Å². The van der Waals surface area contributed by atoms with Gasteiger partial charge in [0.15, 0.2) is 0 Å². The Morgan fingerprint density at radius 1 is 1.40 bits per heavy atom. The minimum atomic E-state index is 0.431. The van der Waals surface area contributed by atoms with Crippen LogP contribution in [-0.2, 0) is 0 Å². The van der Waals surface area contributed by atoms with Gasteiger partial charge in [0.1, 0.15) is 0 Å². The quantitative estimate of drug-likeness (QED) is 0.523. The van der Waals surface area contributed by atoms with Crippen LogP contribution in [0.3, 0.4) is 0 Å². The van der Waals surface area contributed by atoms with E-state index in [2.05, 4.69) is 39.8 Å². The fourth-order valence-corrected chi connectivity index (χ4v) is 0.783. The van der Waals surface area contributed by atoms with Crippen molar-refractivity contribution in [1.29, 1.82) is 0 Å². The third-order valence-corrected chi connectivity index (χ3v) is 1.61. The molecular formula is C10H18. The van der Waals surface area contributed by atoms with Crippen LogP contribution in [0, 0.1) is 25.7 Å². The molecule has 0 aromatic carbocycles. The lowest BCUT2D eigenvalue weighted by atomic mass is 10.0. The van der Waals surface area contributed by atoms with Crippen molar-refractivity contribution in [2.75, 3.05) is 0 Å². The Morgan fingerprint density at radius 2 is 2.00 bits per heavy atom. The summed E-state index contributed by atoms with van der Waals surface area (Å²) in [4.78, 5) is 0. The minimum Gasteiger partial charge on any atom is -0.0854 e. The first-order valence-corrected chi connectivity index (χ1v) is 4.01. The normalized spacial score (nSPS) is 12.2. The molecule has 0 fully saturated rings. The monoisotopic (exact) mass is 138 g/mol. The summed E-state index contributed by atoms with van der Waals surface area (Å²) in [5.74, 6) is 1.09. The lowest BCUT2D eigenvalue weighted by Crippen LogP contribution is -1.91. The third kappa shape index (κ3) is 4.60. The van der Waals surface area contributed by atoms with Gasteiger partial charge in [-0.3, -0.25) is 0 Å². The van der Waals surface area contributed by atoms with Gasteiger partial charge in [-0.05, 0) is 31.6 Å². The van der Waals surface area contributed by atoms with Crippen molar-refractivity contribution in [1.82, 2.24) is 0 Å². The Kier molecular flexibility index (Phi) is 5.38. The highest BCUT2D eigenvalue weighted by Gasteiger charge is 1.96. The topological polar surface area (TPSA) is 0 Å². The Morgan fingerprint density at radius 3 is 2.30 bits per heavy atom. The zero-order valence-corrected chi connectivity index (χ0v) is 7.14. The van der Waals surface area contributed by atoms with Gasteiger partial charge in [-0.15, -0.1) is 0 Å². The Labute approximate surface area is 65.3 Å². The molecule has 10 heavy (non-hydrogen) atoms. The molecule has 2 radical (unpaired) electrons. The second-order valence-electron chi connectivity index (χ2n) is 2.82. The van der Waals surface area contributed by atoms with Crippen LogP contribution in [0.5, 0.6) is 0 Å². The van der Waals surface area contributed by atoms with E-state index in [1.807, 2.05) is 0 Å². The second kappa shape index (κ2) is 5.52. The maximum atomic E-state index is 3.87. The molecule has 0 saturated heterocycles. The predicted molar refractivity (Wildman–Crippen MR) is 47.4 cm³/mol. The van der Waals surface area contributed by atoms with Gasteiger partial charge < -0.3 is 0 Å². The molecule has 2 unspecified atom stereocenters. The number of rotatable bonds is 4. The van der Waals surface area contributed by atoms with Crippen LogP contribution in [0.25, 0.3) is 0 Å². The Hall–Kier alpha value is -0.260. The molecule has 0 bridgehead atoms. The fourth-order valence-electron chi connectivity index (χ4n) is 0.783. The molecule has 0 spiro atoms. The van der Waals surface area contributed by atoms with E-state index >= 15 is 0 Å². The molecule has 0 N–H and O–H groups in total. The summed E-state index contributed by atoms with van der Waals surface area (Å²) in [6.07, 6.45) is 6.57. The average Bonchev–Trinajstić information content (AvgIpc) is 1.90. The highest BCUT2D eigenvalue weighted by atomic mass is 14.0. The van der Waals surface area contributed by atoms with Crippen LogP contribution in [-0.4, -0.2) is 0 Å². The van der Waals surface area contributed by atoms with E-state index in [0.717, 1.165) is 6.42 Å². The Bertz CT molecular complexity index is 86.2. The van der Waals surface area contributed by atoms with E-state index in [9.17, 15) is 0 Å². The highest BCUT2D eigenvalue weighted by Crippen LogP contribution is 2.09. The maximum absolute atomic E-state index is 3.87. The largest absolute Gasteiger partial charge is 0.0854 e. The van der Waals surface area contributed by atoms with Crippen molar-refractivity contribution in [3.63, 3.8) is 0 Å². The summed E-state index contributed by atoms with van der Waals surface area (Å²) in [6.45, 7) is 12.0. The van der Waals surface area contributed by atoms with E-state index in [4.69, 9.17) is 0 Å². The molecule has 0 aliphatic carbocycles.